The molecule has 0 radical (unpaired) electrons. The van der Waals surface area contributed by atoms with Gasteiger partial charge in [0.05, 0.1) is 17.7 Å². The van der Waals surface area contributed by atoms with Crippen molar-refractivity contribution in [3.63, 3.8) is 0 Å². The van der Waals surface area contributed by atoms with Crippen molar-refractivity contribution in [3.05, 3.63) is 94.0 Å². The van der Waals surface area contributed by atoms with Crippen LogP contribution in [0.1, 0.15) is 123 Å². The van der Waals surface area contributed by atoms with E-state index in [1.165, 1.54) is 23.1 Å². The maximum absolute atomic E-state index is 13.0. The summed E-state index contributed by atoms with van der Waals surface area (Å²) in [6.45, 7) is 13.8. The molecule has 6 heteroatoms. The lowest BCUT2D eigenvalue weighted by Crippen LogP contribution is -2.36. The largest absolute Gasteiger partial charge is 0.485 e. The van der Waals surface area contributed by atoms with Crippen molar-refractivity contribution in [2.24, 2.45) is 0 Å². The fraction of sp³-hybridized carbons (Fsp3) is 0.474. The molecule has 236 valence electrons. The molecule has 1 N–H and O–H groups in total. The summed E-state index contributed by atoms with van der Waals surface area (Å²) in [6, 6.07) is 18.6. The number of hydrogen-bond donors (Lipinski definition) is 1. The number of rotatable bonds is 11. The highest BCUT2D eigenvalue weighted by Gasteiger charge is 2.38. The minimum absolute atomic E-state index is 0.0398. The summed E-state index contributed by atoms with van der Waals surface area (Å²) in [4.78, 5) is 25.5. The van der Waals surface area contributed by atoms with Gasteiger partial charge in [-0.15, -0.1) is 0 Å². The van der Waals surface area contributed by atoms with E-state index in [0.29, 0.717) is 29.7 Å². The Balaban J connectivity index is 1.55. The Labute approximate surface area is 262 Å². The van der Waals surface area contributed by atoms with E-state index < -0.39 is 23.1 Å². The predicted octanol–water partition coefficient (Wildman–Crippen LogP) is 8.66. The fourth-order valence-corrected chi connectivity index (χ4v) is 6.10. The molecule has 44 heavy (non-hydrogen) atoms. The van der Waals surface area contributed by atoms with Crippen LogP contribution in [0.3, 0.4) is 0 Å². The Bertz CT molecular complexity index is 1460. The van der Waals surface area contributed by atoms with Crippen LogP contribution in [0.2, 0.25) is 0 Å². The molecule has 4 rings (SSSR count). The van der Waals surface area contributed by atoms with E-state index in [1.54, 1.807) is 24.3 Å². The summed E-state index contributed by atoms with van der Waals surface area (Å²) in [6.07, 6.45) is 7.00. The van der Waals surface area contributed by atoms with Crippen LogP contribution in [-0.2, 0) is 10.2 Å². The normalized spacial score (nSPS) is 16.1. The molecule has 0 unspecified atom stereocenters. The second-order valence-corrected chi connectivity index (χ2v) is 13.1. The summed E-state index contributed by atoms with van der Waals surface area (Å²) in [5.74, 6) is 0.358. The Kier molecular flexibility index (Phi) is 10.2. The second kappa shape index (κ2) is 13.6. The Morgan fingerprint density at radius 2 is 1.27 bits per heavy atom. The van der Waals surface area contributed by atoms with Crippen molar-refractivity contribution in [1.29, 1.82) is 0 Å². The van der Waals surface area contributed by atoms with Gasteiger partial charge in [0, 0.05) is 5.41 Å². The van der Waals surface area contributed by atoms with E-state index in [9.17, 15) is 14.7 Å². The van der Waals surface area contributed by atoms with Gasteiger partial charge in [0.15, 0.2) is 0 Å². The van der Waals surface area contributed by atoms with Gasteiger partial charge in [-0.25, -0.2) is 9.59 Å². The van der Waals surface area contributed by atoms with Crippen LogP contribution in [0.25, 0.3) is 0 Å². The van der Waals surface area contributed by atoms with Crippen LogP contribution < -0.4 is 9.47 Å². The predicted molar refractivity (Wildman–Crippen MR) is 174 cm³/mol. The third-order valence-electron chi connectivity index (χ3n) is 9.37. The number of aliphatic hydroxyl groups is 1. The van der Waals surface area contributed by atoms with Gasteiger partial charge in [-0.05, 0) is 131 Å². The van der Waals surface area contributed by atoms with E-state index in [2.05, 4.69) is 32.0 Å². The number of carbonyl (C=O) groups is 2. The van der Waals surface area contributed by atoms with Gasteiger partial charge in [0.1, 0.15) is 22.7 Å². The van der Waals surface area contributed by atoms with Crippen molar-refractivity contribution in [2.45, 2.75) is 110 Å². The highest BCUT2D eigenvalue weighted by atomic mass is 16.6. The average molecular weight is 601 g/mol. The number of aliphatic hydroxyl groups excluding tert-OH is 1. The van der Waals surface area contributed by atoms with Gasteiger partial charge in [-0.3, -0.25) is 0 Å². The number of hydrogen-bond acceptors (Lipinski definition) is 6. The number of benzene rings is 3. The van der Waals surface area contributed by atoms with Crippen LogP contribution in [0.4, 0.5) is 0 Å². The number of ether oxygens (including phenoxy) is 3. The average Bonchev–Trinajstić information content (AvgIpc) is 3.01. The summed E-state index contributed by atoms with van der Waals surface area (Å²) in [5.41, 5.74) is 4.23. The lowest BCUT2D eigenvalue weighted by Gasteiger charge is -2.41. The first kappa shape index (κ1) is 33.3. The Morgan fingerprint density at radius 3 is 1.77 bits per heavy atom. The molecule has 1 atom stereocenters. The van der Waals surface area contributed by atoms with Crippen LogP contribution in [0, 0.1) is 13.8 Å². The molecule has 0 aliphatic heterocycles. The highest BCUT2D eigenvalue weighted by Crippen LogP contribution is 2.48. The van der Waals surface area contributed by atoms with Gasteiger partial charge < -0.3 is 19.3 Å². The first-order valence-electron chi connectivity index (χ1n) is 15.9. The lowest BCUT2D eigenvalue weighted by atomic mass is 9.63. The number of carbonyl (C=O) groups excluding carboxylic acids is 2. The first-order chi connectivity index (χ1) is 20.8. The summed E-state index contributed by atoms with van der Waals surface area (Å²) < 4.78 is 17.5. The molecule has 0 spiro atoms. The summed E-state index contributed by atoms with van der Waals surface area (Å²) in [7, 11) is 0. The van der Waals surface area contributed by atoms with Gasteiger partial charge in [0.25, 0.3) is 0 Å². The van der Waals surface area contributed by atoms with Crippen molar-refractivity contribution in [1.82, 2.24) is 0 Å². The van der Waals surface area contributed by atoms with Crippen molar-refractivity contribution >= 4 is 11.9 Å². The monoisotopic (exact) mass is 600 g/mol. The minimum Gasteiger partial charge on any atom is -0.485 e. The molecular weight excluding hydrogens is 552 g/mol. The smallest absolute Gasteiger partial charge is 0.343 e. The second-order valence-electron chi connectivity index (χ2n) is 13.1. The SMILES string of the molecule is CCC(C)(C)OC(=O)c1ccc(C(=O)Oc2ccc(C3(c4ccc(O[C@@](C)(CC)CO)cc4C)CCCCC3)c(C)c2)cc1. The van der Waals surface area contributed by atoms with E-state index in [1.807, 2.05) is 52.8 Å². The number of esters is 2. The zero-order valence-corrected chi connectivity index (χ0v) is 27.4. The lowest BCUT2D eigenvalue weighted by molar-refractivity contribution is -0.00247. The van der Waals surface area contributed by atoms with Crippen molar-refractivity contribution in [3.8, 4) is 11.5 Å². The van der Waals surface area contributed by atoms with Gasteiger partial charge in [-0.2, -0.15) is 0 Å². The molecule has 3 aromatic carbocycles. The molecule has 0 aromatic heterocycles. The van der Waals surface area contributed by atoms with E-state index >= 15 is 0 Å². The number of aryl methyl sites for hydroxylation is 2. The van der Waals surface area contributed by atoms with E-state index in [-0.39, 0.29) is 12.0 Å². The molecule has 1 saturated carbocycles. The molecule has 0 saturated heterocycles. The standard InChI is InChI=1S/C38H48O6/c1-8-36(5,6)44-35(41)29-15-13-28(14-16-29)34(40)42-30-17-19-32(26(3)23-30)38(21-11-10-12-22-38)33-20-18-31(24-27(33)4)43-37(7,9-2)25-39/h13-20,23-24,39H,8-12,21-22,25H2,1-7H3/t37-/m0/s1. The molecule has 1 aliphatic rings. The topological polar surface area (TPSA) is 82.1 Å². The third kappa shape index (κ3) is 7.35. The molecule has 6 nitrogen and oxygen atoms in total. The highest BCUT2D eigenvalue weighted by molar-refractivity contribution is 5.94. The quantitative estimate of drug-likeness (QED) is 0.175. The summed E-state index contributed by atoms with van der Waals surface area (Å²) >= 11 is 0. The Hall–Kier alpha value is -3.64. The third-order valence-corrected chi connectivity index (χ3v) is 9.37. The zero-order chi connectivity index (χ0) is 32.1. The molecule has 0 heterocycles. The van der Waals surface area contributed by atoms with Crippen molar-refractivity contribution in [2.75, 3.05) is 6.61 Å². The van der Waals surface area contributed by atoms with Crippen LogP contribution in [0.15, 0.2) is 60.7 Å². The van der Waals surface area contributed by atoms with Crippen LogP contribution in [-0.4, -0.2) is 34.9 Å². The molecule has 1 fully saturated rings. The molecule has 1 aliphatic carbocycles. The van der Waals surface area contributed by atoms with E-state index in [4.69, 9.17) is 14.2 Å². The molecule has 3 aromatic rings. The van der Waals surface area contributed by atoms with E-state index in [0.717, 1.165) is 37.0 Å². The van der Waals surface area contributed by atoms with Gasteiger partial charge in [0.2, 0.25) is 0 Å². The fourth-order valence-electron chi connectivity index (χ4n) is 6.10. The zero-order valence-electron chi connectivity index (χ0n) is 27.4. The van der Waals surface area contributed by atoms with Crippen LogP contribution >= 0.6 is 0 Å². The summed E-state index contributed by atoms with van der Waals surface area (Å²) in [5, 5.41) is 9.84. The minimum atomic E-state index is -0.611. The Morgan fingerprint density at radius 1 is 0.750 bits per heavy atom. The van der Waals surface area contributed by atoms with Gasteiger partial charge >= 0.3 is 11.9 Å². The van der Waals surface area contributed by atoms with Crippen LogP contribution in [0.5, 0.6) is 11.5 Å². The molecule has 0 amide bonds. The van der Waals surface area contributed by atoms with Gasteiger partial charge in [-0.1, -0.05) is 45.2 Å². The van der Waals surface area contributed by atoms with Crippen molar-refractivity contribution < 1.29 is 28.9 Å². The first-order valence-corrected chi connectivity index (χ1v) is 15.9. The maximum atomic E-state index is 13.0. The molecule has 0 bridgehead atoms. The molecular formula is C38H48O6. The maximum Gasteiger partial charge on any atom is 0.343 e.